The number of aliphatic hydroxyl groups excluding tert-OH is 1. The number of thioether (sulfide) groups is 1. The zero-order chi connectivity index (χ0) is 29.1. The number of carbonyl (C=O) groups excluding carboxylic acids is 3. The highest BCUT2D eigenvalue weighted by molar-refractivity contribution is 8.02. The van der Waals surface area contributed by atoms with E-state index in [0.29, 0.717) is 32.6 Å². The van der Waals surface area contributed by atoms with Gasteiger partial charge >= 0.3 is 0 Å². The van der Waals surface area contributed by atoms with Gasteiger partial charge in [-0.1, -0.05) is 62.2 Å². The molecule has 3 fully saturated rings. The summed E-state index contributed by atoms with van der Waals surface area (Å²) in [5.74, 6) is -1.50. The number of amides is 3. The standard InChI is InChI=1S/C32H45N3O4S/c1-6-9-13-20-33(18-7-2)30(39)27-32-17-16-31(5,40-32)25(26(32)29(38)35(27)23(4)22-36)28(37)34(19-8-3)21-24-14-11-10-12-15-24/h7-8,10-12,14-15,23,25-27,36H,2-3,6,9,13,16-22H2,1,4-5H3/t23-,25-,26+,27?,31+,32?/m1/s1. The number of nitrogens with zero attached hydrogens (tertiary/aromatic N) is 3. The number of fused-ring (bicyclic) bond motifs is 1. The molecular formula is C32H45N3O4S. The average Bonchev–Trinajstić information content (AvgIpc) is 3.52. The molecule has 6 atom stereocenters. The van der Waals surface area contributed by atoms with E-state index in [1.807, 2.05) is 35.2 Å². The summed E-state index contributed by atoms with van der Waals surface area (Å²) in [6.45, 7) is 15.3. The van der Waals surface area contributed by atoms with Crippen molar-refractivity contribution in [2.24, 2.45) is 11.8 Å². The zero-order valence-corrected chi connectivity index (χ0v) is 25.1. The fourth-order valence-corrected chi connectivity index (χ4v) is 9.47. The summed E-state index contributed by atoms with van der Waals surface area (Å²) in [5.41, 5.74) is 1.02. The van der Waals surface area contributed by atoms with Crippen molar-refractivity contribution in [1.29, 1.82) is 0 Å². The molecule has 2 unspecified atom stereocenters. The lowest BCUT2D eigenvalue weighted by molar-refractivity contribution is -0.147. The van der Waals surface area contributed by atoms with Crippen LogP contribution in [0.3, 0.4) is 0 Å². The van der Waals surface area contributed by atoms with Crippen LogP contribution < -0.4 is 0 Å². The Morgan fingerprint density at radius 1 is 1.12 bits per heavy atom. The molecule has 40 heavy (non-hydrogen) atoms. The van der Waals surface area contributed by atoms with E-state index in [9.17, 15) is 19.5 Å². The fourth-order valence-electron chi connectivity index (χ4n) is 7.14. The van der Waals surface area contributed by atoms with Gasteiger partial charge in [-0.15, -0.1) is 24.9 Å². The highest BCUT2D eigenvalue weighted by atomic mass is 32.2. The van der Waals surface area contributed by atoms with Crippen LogP contribution in [0.25, 0.3) is 0 Å². The largest absolute Gasteiger partial charge is 0.394 e. The van der Waals surface area contributed by atoms with Gasteiger partial charge in [-0.2, -0.15) is 0 Å². The number of rotatable bonds is 14. The average molecular weight is 568 g/mol. The van der Waals surface area contributed by atoms with Crippen LogP contribution in [0.4, 0.5) is 0 Å². The van der Waals surface area contributed by atoms with Gasteiger partial charge in [0.05, 0.1) is 29.2 Å². The van der Waals surface area contributed by atoms with Gasteiger partial charge < -0.3 is 19.8 Å². The summed E-state index contributed by atoms with van der Waals surface area (Å²) in [6.07, 6.45) is 7.85. The first-order chi connectivity index (χ1) is 19.2. The molecule has 2 bridgehead atoms. The van der Waals surface area contributed by atoms with Crippen LogP contribution in [0.5, 0.6) is 0 Å². The topological polar surface area (TPSA) is 81.2 Å². The van der Waals surface area contributed by atoms with Crippen LogP contribution in [0.1, 0.15) is 58.4 Å². The van der Waals surface area contributed by atoms with Crippen LogP contribution in [0.2, 0.25) is 0 Å². The van der Waals surface area contributed by atoms with Crippen LogP contribution in [-0.4, -0.2) is 85.3 Å². The molecule has 8 heteroatoms. The second kappa shape index (κ2) is 12.5. The Balaban J connectivity index is 1.73. The van der Waals surface area contributed by atoms with Gasteiger partial charge in [0.1, 0.15) is 6.04 Å². The minimum atomic E-state index is -0.722. The Labute approximate surface area is 243 Å². The third-order valence-corrected chi connectivity index (χ3v) is 11.0. The molecule has 0 saturated carbocycles. The van der Waals surface area contributed by atoms with E-state index < -0.39 is 33.4 Å². The van der Waals surface area contributed by atoms with Crippen molar-refractivity contribution >= 4 is 29.5 Å². The smallest absolute Gasteiger partial charge is 0.247 e. The van der Waals surface area contributed by atoms with Crippen molar-refractivity contribution < 1.29 is 19.5 Å². The maximum atomic E-state index is 14.4. The summed E-state index contributed by atoms with van der Waals surface area (Å²) in [5, 5.41) is 10.2. The third kappa shape index (κ3) is 5.25. The first-order valence-electron chi connectivity index (χ1n) is 14.7. The molecule has 0 radical (unpaired) electrons. The molecule has 0 aliphatic carbocycles. The lowest BCUT2D eigenvalue weighted by atomic mass is 9.66. The van der Waals surface area contributed by atoms with Crippen LogP contribution in [0.15, 0.2) is 55.6 Å². The molecule has 1 spiro atoms. The normalized spacial score (nSPS) is 29.2. The van der Waals surface area contributed by atoms with Gasteiger partial charge in [0.2, 0.25) is 17.7 Å². The summed E-state index contributed by atoms with van der Waals surface area (Å²) >= 11 is 1.67. The Morgan fingerprint density at radius 3 is 2.42 bits per heavy atom. The van der Waals surface area contributed by atoms with Gasteiger partial charge in [-0.3, -0.25) is 14.4 Å². The molecule has 1 N–H and O–H groups in total. The summed E-state index contributed by atoms with van der Waals surface area (Å²) in [7, 11) is 0. The molecule has 218 valence electrons. The highest BCUT2D eigenvalue weighted by Gasteiger charge is 2.77. The quantitative estimate of drug-likeness (QED) is 0.268. The van der Waals surface area contributed by atoms with Gasteiger partial charge in [0.15, 0.2) is 0 Å². The third-order valence-electron chi connectivity index (χ3n) is 9.02. The maximum absolute atomic E-state index is 14.4. The van der Waals surface area contributed by atoms with Crippen molar-refractivity contribution in [3.8, 4) is 0 Å². The molecule has 3 heterocycles. The molecule has 7 nitrogen and oxygen atoms in total. The number of hydrogen-bond acceptors (Lipinski definition) is 5. The van der Waals surface area contributed by atoms with Gasteiger partial charge in [0.25, 0.3) is 0 Å². The Hall–Kier alpha value is -2.58. The van der Waals surface area contributed by atoms with Gasteiger partial charge in [-0.05, 0) is 38.7 Å². The summed E-state index contributed by atoms with van der Waals surface area (Å²) in [6, 6.07) is 8.60. The van der Waals surface area contributed by atoms with Crippen LogP contribution >= 0.6 is 11.8 Å². The molecule has 0 aromatic heterocycles. The first-order valence-corrected chi connectivity index (χ1v) is 15.5. The molecule has 1 aromatic carbocycles. The molecule has 4 rings (SSSR count). The molecule has 3 saturated heterocycles. The minimum absolute atomic E-state index is 0.0609. The van der Waals surface area contributed by atoms with E-state index in [1.165, 1.54) is 0 Å². The SMILES string of the molecule is C=CCN(CCCCC)C(=O)C1N([C@H](C)CO)C(=O)[C@@H]2[C@H](C(=O)N(CC=C)Cc3ccccc3)[C@]3(C)CCC12S3. The maximum Gasteiger partial charge on any atom is 0.247 e. The van der Waals surface area contributed by atoms with Crippen LogP contribution in [-0.2, 0) is 20.9 Å². The van der Waals surface area contributed by atoms with Gasteiger partial charge in [0, 0.05) is 30.9 Å². The van der Waals surface area contributed by atoms with Crippen molar-refractivity contribution in [3.63, 3.8) is 0 Å². The van der Waals surface area contributed by atoms with Crippen molar-refractivity contribution in [1.82, 2.24) is 14.7 Å². The zero-order valence-electron chi connectivity index (χ0n) is 24.3. The Morgan fingerprint density at radius 2 is 1.80 bits per heavy atom. The highest BCUT2D eigenvalue weighted by Crippen LogP contribution is 2.71. The number of aliphatic hydroxyl groups is 1. The monoisotopic (exact) mass is 567 g/mol. The number of hydrogen-bond donors (Lipinski definition) is 1. The number of likely N-dealkylation sites (tertiary alicyclic amines) is 1. The van der Waals surface area contributed by atoms with E-state index in [0.717, 1.165) is 31.2 Å². The fraction of sp³-hybridized carbons (Fsp3) is 0.594. The summed E-state index contributed by atoms with van der Waals surface area (Å²) in [4.78, 5) is 48.3. The lowest BCUT2D eigenvalue weighted by Gasteiger charge is -2.39. The van der Waals surface area contributed by atoms with Crippen molar-refractivity contribution in [2.45, 2.75) is 81.0 Å². The van der Waals surface area contributed by atoms with E-state index in [1.54, 1.807) is 40.6 Å². The van der Waals surface area contributed by atoms with Crippen molar-refractivity contribution in [2.75, 3.05) is 26.2 Å². The van der Waals surface area contributed by atoms with E-state index in [-0.39, 0.29) is 24.3 Å². The lowest BCUT2D eigenvalue weighted by Crippen LogP contribution is -2.57. The number of carbonyl (C=O) groups is 3. The first kappa shape index (κ1) is 30.4. The van der Waals surface area contributed by atoms with Gasteiger partial charge in [-0.25, -0.2) is 0 Å². The van der Waals surface area contributed by atoms with Crippen molar-refractivity contribution in [3.05, 3.63) is 61.2 Å². The molecular weight excluding hydrogens is 522 g/mol. The number of unbranched alkanes of at least 4 members (excludes halogenated alkanes) is 2. The Kier molecular flexibility index (Phi) is 9.51. The van der Waals surface area contributed by atoms with E-state index >= 15 is 0 Å². The summed E-state index contributed by atoms with van der Waals surface area (Å²) < 4.78 is -1.16. The second-order valence-corrected chi connectivity index (χ2v) is 13.7. The minimum Gasteiger partial charge on any atom is -0.394 e. The van der Waals surface area contributed by atoms with E-state index in [2.05, 4.69) is 27.0 Å². The molecule has 1 aromatic rings. The molecule has 3 amide bonds. The predicted octanol–water partition coefficient (Wildman–Crippen LogP) is 4.27. The van der Waals surface area contributed by atoms with Crippen LogP contribution in [0, 0.1) is 11.8 Å². The molecule has 3 aliphatic heterocycles. The second-order valence-electron chi connectivity index (χ2n) is 11.8. The Bertz CT molecular complexity index is 1110. The number of benzene rings is 1. The predicted molar refractivity (Wildman–Crippen MR) is 160 cm³/mol. The molecule has 3 aliphatic rings. The van der Waals surface area contributed by atoms with E-state index in [4.69, 9.17) is 0 Å².